The number of dihydropyridines is 1. The van der Waals surface area contributed by atoms with E-state index in [0.29, 0.717) is 6.21 Å². The van der Waals surface area contributed by atoms with Gasteiger partial charge >= 0.3 is 33.6 Å². The van der Waals surface area contributed by atoms with Gasteiger partial charge in [-0.2, -0.15) is 0 Å². The summed E-state index contributed by atoms with van der Waals surface area (Å²) in [6.45, 7) is -3.78. The number of hydrogen-bond acceptors (Lipinski definition) is 14. The average Bonchev–Trinajstić information content (AvgIpc) is 2.93. The topological polar surface area (TPSA) is 345 Å². The molecule has 5 unspecified atom stereocenters. The minimum absolute atomic E-state index is 0.0123. The van der Waals surface area contributed by atoms with Gasteiger partial charge in [-0.15, -0.1) is 5.01 Å². The van der Waals surface area contributed by atoms with Crippen LogP contribution in [0, 0.1) is 5.92 Å². The molecule has 0 spiro atoms. The molecule has 4 heterocycles. The summed E-state index contributed by atoms with van der Waals surface area (Å²) in [6.07, 6.45) is -0.505. The van der Waals surface area contributed by atoms with Gasteiger partial charge in [0.25, 0.3) is 0 Å². The summed E-state index contributed by atoms with van der Waals surface area (Å²) in [5.41, 5.74) is -7.85. The van der Waals surface area contributed by atoms with Crippen LogP contribution in [0.25, 0.3) is 0 Å². The number of aliphatic imine (C=N–C) groups is 1. The molecule has 0 amide bonds. The van der Waals surface area contributed by atoms with Crippen molar-refractivity contribution >= 4 is 39.8 Å². The van der Waals surface area contributed by atoms with Gasteiger partial charge in [-0.3, -0.25) is 33.3 Å². The van der Waals surface area contributed by atoms with E-state index in [9.17, 15) is 78.8 Å². The Hall–Kier alpha value is -2.82. The van der Waals surface area contributed by atoms with E-state index < -0.39 is 124 Å². The molecule has 0 aromatic rings. The monoisotopic (exact) mass is 733 g/mol. The summed E-state index contributed by atoms with van der Waals surface area (Å²) in [6, 6.07) is 0. The molecular weight excluding hydrogens is 694 g/mol. The van der Waals surface area contributed by atoms with Crippen LogP contribution in [0.15, 0.2) is 27.8 Å². The largest absolute Gasteiger partial charge is 0.510 e. The van der Waals surface area contributed by atoms with Gasteiger partial charge in [-0.1, -0.05) is 0 Å². The molecule has 1 fully saturated rings. The van der Waals surface area contributed by atoms with Crippen LogP contribution in [0.1, 0.15) is 20.3 Å². The van der Waals surface area contributed by atoms with E-state index in [0.717, 1.165) is 5.01 Å². The fourth-order valence-corrected chi connectivity index (χ4v) is 7.91. The van der Waals surface area contributed by atoms with E-state index in [1.165, 1.54) is 18.7 Å². The molecule has 4 aliphatic rings. The van der Waals surface area contributed by atoms with Crippen molar-refractivity contribution < 1.29 is 92.5 Å². The molecule has 2 bridgehead atoms. The van der Waals surface area contributed by atoms with Crippen LogP contribution < -0.4 is 0 Å². The number of carbonyl (C=O) groups is 3. The molecule has 4 aliphatic heterocycles. The van der Waals surface area contributed by atoms with Gasteiger partial charge < -0.3 is 55.3 Å². The lowest BCUT2D eigenvalue weighted by Gasteiger charge is -2.57. The van der Waals surface area contributed by atoms with Crippen molar-refractivity contribution in [2.24, 2.45) is 10.9 Å². The maximum absolute atomic E-state index is 12.3. The number of carboxylic acid groups (broad SMARTS) is 3. The number of fused-ring (bicyclic) bond motifs is 4. The van der Waals surface area contributed by atoms with Crippen molar-refractivity contribution in [3.63, 3.8) is 0 Å². The molecule has 5 atom stereocenters. The summed E-state index contributed by atoms with van der Waals surface area (Å²) in [5.74, 6) is -7.55. The van der Waals surface area contributed by atoms with E-state index in [1.54, 1.807) is 0 Å². The fraction of sp³-hybridized carbons (Fsp3) is 0.667. The highest BCUT2D eigenvalue weighted by molar-refractivity contribution is 7.46. The highest BCUT2D eigenvalue weighted by Gasteiger charge is 2.63. The predicted octanol–water partition coefficient (Wildman–Crippen LogP) is -2.26. The third-order valence-electron chi connectivity index (χ3n) is 8.70. The number of phosphoric ester groups is 2. The van der Waals surface area contributed by atoms with E-state index in [1.807, 2.05) is 0 Å². The lowest BCUT2D eigenvalue weighted by molar-refractivity contribution is -1.01. The average molecular weight is 734 g/mol. The Morgan fingerprint density at radius 1 is 1.02 bits per heavy atom. The molecule has 11 N–H and O–H groups in total. The molecule has 4 rings (SSSR count). The Bertz CT molecular complexity index is 1510. The zero-order chi connectivity index (χ0) is 36.7. The molecule has 0 aromatic carbocycles. The van der Waals surface area contributed by atoms with Gasteiger partial charge in [-0.25, -0.2) is 13.7 Å². The number of carboxylic acids is 3. The second-order valence-corrected chi connectivity index (χ2v) is 14.4. The number of rotatable bonds is 15. The Kier molecular flexibility index (Phi) is 11.4. The van der Waals surface area contributed by atoms with Gasteiger partial charge in [0.05, 0.1) is 45.2 Å². The zero-order valence-electron chi connectivity index (χ0n) is 25.7. The van der Waals surface area contributed by atoms with Crippen molar-refractivity contribution in [2.45, 2.75) is 37.0 Å². The van der Waals surface area contributed by atoms with Gasteiger partial charge in [0.15, 0.2) is 22.7 Å². The summed E-state index contributed by atoms with van der Waals surface area (Å²) in [4.78, 5) is 79.8. The Morgan fingerprint density at radius 2 is 1.62 bits per heavy atom. The summed E-state index contributed by atoms with van der Waals surface area (Å²) in [7, 11) is -11.0. The Balaban J connectivity index is 2.31. The molecule has 48 heavy (non-hydrogen) atoms. The lowest BCUT2D eigenvalue weighted by atomic mass is 9.79. The maximum Gasteiger partial charge on any atom is 0.470 e. The Labute approximate surface area is 272 Å². The number of nitrogens with zero attached hydrogens (tertiary/aromatic N) is 4. The van der Waals surface area contributed by atoms with E-state index in [4.69, 9.17) is 4.52 Å². The number of aliphatic hydroxyl groups is 4. The van der Waals surface area contributed by atoms with Crippen molar-refractivity contribution in [1.29, 1.82) is 0 Å². The first-order valence-corrected chi connectivity index (χ1v) is 17.1. The van der Waals surface area contributed by atoms with Crippen molar-refractivity contribution in [1.82, 2.24) is 9.91 Å². The maximum atomic E-state index is 12.3. The molecule has 1 saturated heterocycles. The van der Waals surface area contributed by atoms with Crippen LogP contribution in [0.5, 0.6) is 0 Å². The first kappa shape index (κ1) is 39.6. The SMILES string of the molecule is CC1=C(O)C2CN(CC(=O)O)CC[N+]1(N(CC(=O)O)CC1(C)N=CC(CO)(OP(=O)(O)O)C(CC(=O)O)=C1O)CC2(CO)OP(=O)(O)O. The normalized spacial score (nSPS) is 31.6. The van der Waals surface area contributed by atoms with Crippen LogP contribution in [0.4, 0.5) is 0 Å². The number of phosphoric acid groups is 2. The van der Waals surface area contributed by atoms with Crippen molar-refractivity contribution in [2.75, 3.05) is 59.0 Å². The lowest BCUT2D eigenvalue weighted by Crippen LogP contribution is -2.75. The minimum atomic E-state index is -5.48. The molecule has 22 nitrogen and oxygen atoms in total. The van der Waals surface area contributed by atoms with Crippen molar-refractivity contribution in [3.05, 3.63) is 22.8 Å². The molecular formula is C24H39N4O18P2+. The molecule has 0 aromatic heterocycles. The molecule has 0 radical (unpaired) electrons. The quantitative estimate of drug-likeness (QED) is 0.0624. The van der Waals surface area contributed by atoms with Crippen molar-refractivity contribution in [3.8, 4) is 0 Å². The van der Waals surface area contributed by atoms with Crippen LogP contribution in [0.2, 0.25) is 0 Å². The molecule has 272 valence electrons. The van der Waals surface area contributed by atoms with E-state index in [2.05, 4.69) is 9.52 Å². The highest BCUT2D eigenvalue weighted by atomic mass is 31.2. The third kappa shape index (κ3) is 8.13. The summed E-state index contributed by atoms with van der Waals surface area (Å²) < 4.78 is 32.9. The minimum Gasteiger partial charge on any atom is -0.510 e. The molecule has 24 heteroatoms. The van der Waals surface area contributed by atoms with Crippen LogP contribution in [-0.4, -0.2) is 170 Å². The van der Waals surface area contributed by atoms with Crippen LogP contribution in [0.3, 0.4) is 0 Å². The van der Waals surface area contributed by atoms with Gasteiger partial charge in [0, 0.05) is 25.3 Å². The van der Waals surface area contributed by atoms with Crippen LogP contribution >= 0.6 is 15.6 Å². The summed E-state index contributed by atoms with van der Waals surface area (Å²) in [5, 5.41) is 73.8. The smallest absolute Gasteiger partial charge is 0.470 e. The fourth-order valence-electron chi connectivity index (χ4n) is 6.55. The zero-order valence-corrected chi connectivity index (χ0v) is 27.5. The second kappa shape index (κ2) is 13.8. The highest BCUT2D eigenvalue weighted by Crippen LogP contribution is 2.52. The first-order valence-electron chi connectivity index (χ1n) is 14.0. The predicted molar refractivity (Wildman–Crippen MR) is 157 cm³/mol. The van der Waals surface area contributed by atoms with E-state index >= 15 is 0 Å². The van der Waals surface area contributed by atoms with Gasteiger partial charge in [-0.05, 0) is 6.92 Å². The van der Waals surface area contributed by atoms with Gasteiger partial charge in [0.1, 0.15) is 30.9 Å². The Morgan fingerprint density at radius 3 is 2.10 bits per heavy atom. The standard InChI is InChI=1S/C24H38N4O18P2/c1-14-20(37)16-6-26(7-18(33)34)3-4-28(14,11-24(16,13-30)46-48(42,43)44)27(8-19(35)36)10-22(2)21(38)15(5-17(31)32)23(12-29,9-25-22)45-47(39,40)41/h9,16,29-30H,3-8,10-13H2,1-2H3,(H8-,31,32,33,34,35,36,37,38,39,40,41,42,43,44)/p+1. The van der Waals surface area contributed by atoms with E-state index in [-0.39, 0.29) is 25.3 Å². The number of quaternary nitrogens is 1. The first-order chi connectivity index (χ1) is 21.9. The van der Waals surface area contributed by atoms with Crippen LogP contribution in [-0.2, 0) is 32.6 Å². The number of hydrogen-bond donors (Lipinski definition) is 11. The number of allylic oxidation sites excluding steroid dienone is 1. The van der Waals surface area contributed by atoms with Gasteiger partial charge in [0.2, 0.25) is 0 Å². The molecule has 0 saturated carbocycles. The third-order valence-corrected chi connectivity index (χ3v) is 9.87. The molecule has 0 aliphatic carbocycles. The number of aliphatic hydroxyl groups excluding tert-OH is 4. The second-order valence-electron chi connectivity index (χ2n) is 12.0. The summed E-state index contributed by atoms with van der Waals surface area (Å²) >= 11 is 0. The number of aliphatic carboxylic acids is 3.